The molecule has 0 fully saturated rings. The molecule has 1 aromatic heterocycles. The van der Waals surface area contributed by atoms with E-state index >= 15 is 0 Å². The summed E-state index contributed by atoms with van der Waals surface area (Å²) in [5, 5.41) is 5.81. The third-order valence-electron chi connectivity index (χ3n) is 5.56. The molecular weight excluding hydrogens is 388 g/mol. The zero-order chi connectivity index (χ0) is 21.6. The molecular formula is C25H28N4O2. The van der Waals surface area contributed by atoms with Crippen molar-refractivity contribution in [3.05, 3.63) is 71.5 Å². The van der Waals surface area contributed by atoms with Crippen molar-refractivity contribution in [1.29, 1.82) is 0 Å². The van der Waals surface area contributed by atoms with Crippen LogP contribution in [0.3, 0.4) is 0 Å². The van der Waals surface area contributed by atoms with Crippen LogP contribution in [0.15, 0.2) is 54.6 Å². The summed E-state index contributed by atoms with van der Waals surface area (Å²) in [6.45, 7) is 3.53. The van der Waals surface area contributed by atoms with Crippen LogP contribution in [-0.4, -0.2) is 27.9 Å². The van der Waals surface area contributed by atoms with E-state index in [-0.39, 0.29) is 11.8 Å². The number of rotatable bonds is 6. The molecule has 2 heterocycles. The molecule has 0 radical (unpaired) electrons. The third-order valence-corrected chi connectivity index (χ3v) is 5.56. The van der Waals surface area contributed by atoms with Gasteiger partial charge >= 0.3 is 0 Å². The summed E-state index contributed by atoms with van der Waals surface area (Å²) in [4.78, 5) is 30.0. The molecule has 6 nitrogen and oxygen atoms in total. The maximum absolute atomic E-state index is 13.1. The Hall–Kier alpha value is -3.41. The molecule has 0 bridgehead atoms. The highest BCUT2D eigenvalue weighted by Gasteiger charge is 2.24. The average Bonchev–Trinajstić information content (AvgIpc) is 2.99. The van der Waals surface area contributed by atoms with Crippen molar-refractivity contribution in [2.45, 2.75) is 45.6 Å². The Kier molecular flexibility index (Phi) is 6.46. The maximum atomic E-state index is 13.1. The Morgan fingerprint density at radius 1 is 0.968 bits per heavy atom. The van der Waals surface area contributed by atoms with E-state index in [9.17, 15) is 9.59 Å². The minimum Gasteiger partial charge on any atom is -0.352 e. The third kappa shape index (κ3) is 4.68. The molecule has 0 saturated carbocycles. The Bertz CT molecular complexity index is 1060. The first kappa shape index (κ1) is 20.8. The number of amides is 2. The first-order valence-electron chi connectivity index (χ1n) is 11.0. The van der Waals surface area contributed by atoms with E-state index < -0.39 is 0 Å². The molecule has 2 aromatic carbocycles. The molecule has 0 aliphatic carbocycles. The largest absolute Gasteiger partial charge is 0.352 e. The highest BCUT2D eigenvalue weighted by Crippen LogP contribution is 2.27. The average molecular weight is 417 g/mol. The number of nitrogens with one attached hydrogen (secondary N) is 2. The van der Waals surface area contributed by atoms with Gasteiger partial charge in [0.05, 0.1) is 5.69 Å². The molecule has 0 atom stereocenters. The summed E-state index contributed by atoms with van der Waals surface area (Å²) in [6.07, 6.45) is 5.03. The number of carbonyl (C=O) groups excluding carboxylic acids is 2. The monoisotopic (exact) mass is 416 g/mol. The first-order valence-corrected chi connectivity index (χ1v) is 11.0. The molecule has 4 rings (SSSR count). The van der Waals surface area contributed by atoms with Gasteiger partial charge in [0.1, 0.15) is 11.5 Å². The van der Waals surface area contributed by atoms with Gasteiger partial charge in [0, 0.05) is 29.9 Å². The molecule has 0 saturated heterocycles. The molecule has 3 aromatic rings. The van der Waals surface area contributed by atoms with E-state index in [1.165, 1.54) is 0 Å². The SMILES string of the molecule is CCCNC(=O)c1ccc(NC(=O)c2nc(-c3ccccc3)n3c2CCCCC3)cc1. The lowest BCUT2D eigenvalue weighted by Gasteiger charge is -2.09. The second-order valence-electron chi connectivity index (χ2n) is 7.85. The van der Waals surface area contributed by atoms with E-state index in [2.05, 4.69) is 15.2 Å². The fourth-order valence-corrected chi connectivity index (χ4v) is 3.95. The summed E-state index contributed by atoms with van der Waals surface area (Å²) in [5.41, 5.74) is 3.74. The molecule has 31 heavy (non-hydrogen) atoms. The molecule has 2 N–H and O–H groups in total. The second kappa shape index (κ2) is 9.60. The number of hydrogen-bond donors (Lipinski definition) is 2. The summed E-state index contributed by atoms with van der Waals surface area (Å²) in [6, 6.07) is 17.0. The standard InChI is InChI=1S/C25H28N4O2/c1-2-16-26-24(30)19-12-14-20(15-13-19)27-25(31)22-21-11-7-4-8-17-29(21)23(28-22)18-9-5-3-6-10-18/h3,5-6,9-10,12-15H,2,4,7-8,11,16-17H2,1H3,(H,26,30)(H,27,31). The molecule has 1 aliphatic rings. The van der Waals surface area contributed by atoms with Gasteiger partial charge in [0.25, 0.3) is 11.8 Å². The fraction of sp³-hybridized carbons (Fsp3) is 0.320. The van der Waals surface area contributed by atoms with Crippen molar-refractivity contribution < 1.29 is 9.59 Å². The van der Waals surface area contributed by atoms with Crippen LogP contribution in [0.25, 0.3) is 11.4 Å². The fourth-order valence-electron chi connectivity index (χ4n) is 3.95. The van der Waals surface area contributed by atoms with Gasteiger partial charge in [0.15, 0.2) is 0 Å². The van der Waals surface area contributed by atoms with Crippen molar-refractivity contribution in [3.63, 3.8) is 0 Å². The predicted molar refractivity (Wildman–Crippen MR) is 122 cm³/mol. The van der Waals surface area contributed by atoms with Crippen LogP contribution in [0.4, 0.5) is 5.69 Å². The summed E-state index contributed by atoms with van der Waals surface area (Å²) < 4.78 is 2.21. The predicted octanol–water partition coefficient (Wildman–Crippen LogP) is 4.67. The van der Waals surface area contributed by atoms with E-state index in [0.29, 0.717) is 23.5 Å². The van der Waals surface area contributed by atoms with Crippen molar-refractivity contribution >= 4 is 17.5 Å². The highest BCUT2D eigenvalue weighted by molar-refractivity contribution is 6.04. The molecule has 1 aliphatic heterocycles. The Morgan fingerprint density at radius 2 is 1.74 bits per heavy atom. The van der Waals surface area contributed by atoms with Crippen LogP contribution < -0.4 is 10.6 Å². The number of imidazole rings is 1. The highest BCUT2D eigenvalue weighted by atomic mass is 16.2. The molecule has 2 amide bonds. The number of benzene rings is 2. The minimum atomic E-state index is -0.212. The second-order valence-corrected chi connectivity index (χ2v) is 7.85. The molecule has 160 valence electrons. The Labute approximate surface area is 182 Å². The number of anilines is 1. The zero-order valence-electron chi connectivity index (χ0n) is 17.9. The number of hydrogen-bond acceptors (Lipinski definition) is 3. The quantitative estimate of drug-likeness (QED) is 0.613. The van der Waals surface area contributed by atoms with Gasteiger partial charge < -0.3 is 15.2 Å². The van der Waals surface area contributed by atoms with Crippen LogP contribution >= 0.6 is 0 Å². The van der Waals surface area contributed by atoms with Crippen molar-refractivity contribution in [2.24, 2.45) is 0 Å². The lowest BCUT2D eigenvalue weighted by molar-refractivity contribution is 0.0953. The van der Waals surface area contributed by atoms with Crippen molar-refractivity contribution in [1.82, 2.24) is 14.9 Å². The topological polar surface area (TPSA) is 76.0 Å². The van der Waals surface area contributed by atoms with Crippen LogP contribution in [0, 0.1) is 0 Å². The van der Waals surface area contributed by atoms with Gasteiger partial charge in [-0.2, -0.15) is 0 Å². The minimum absolute atomic E-state index is 0.105. The lowest BCUT2D eigenvalue weighted by atomic mass is 10.1. The van der Waals surface area contributed by atoms with Crippen molar-refractivity contribution in [3.8, 4) is 11.4 Å². The molecule has 6 heteroatoms. The number of carbonyl (C=O) groups is 2. The van der Waals surface area contributed by atoms with Gasteiger partial charge in [-0.1, -0.05) is 43.7 Å². The normalized spacial score (nSPS) is 13.2. The number of nitrogens with zero attached hydrogens (tertiary/aromatic N) is 2. The zero-order valence-corrected chi connectivity index (χ0v) is 17.9. The first-order chi connectivity index (χ1) is 15.2. The van der Waals surface area contributed by atoms with Gasteiger partial charge in [-0.15, -0.1) is 0 Å². The van der Waals surface area contributed by atoms with Crippen molar-refractivity contribution in [2.75, 3.05) is 11.9 Å². The van der Waals surface area contributed by atoms with E-state index in [1.807, 2.05) is 37.3 Å². The van der Waals surface area contributed by atoms with E-state index in [0.717, 1.165) is 55.7 Å². The van der Waals surface area contributed by atoms with Gasteiger partial charge in [-0.05, 0) is 49.9 Å². The van der Waals surface area contributed by atoms with Crippen LogP contribution in [0.1, 0.15) is 59.1 Å². The smallest absolute Gasteiger partial charge is 0.276 e. The number of fused-ring (bicyclic) bond motifs is 1. The summed E-state index contributed by atoms with van der Waals surface area (Å²) >= 11 is 0. The van der Waals surface area contributed by atoms with Gasteiger partial charge in [0.2, 0.25) is 0 Å². The van der Waals surface area contributed by atoms with Crippen LogP contribution in [0.2, 0.25) is 0 Å². The van der Waals surface area contributed by atoms with Gasteiger partial charge in [-0.25, -0.2) is 4.98 Å². The Morgan fingerprint density at radius 3 is 2.48 bits per heavy atom. The molecule has 0 unspecified atom stereocenters. The summed E-state index contributed by atoms with van der Waals surface area (Å²) in [5.74, 6) is 0.535. The summed E-state index contributed by atoms with van der Waals surface area (Å²) in [7, 11) is 0. The molecule has 0 spiro atoms. The van der Waals surface area contributed by atoms with Crippen LogP contribution in [0.5, 0.6) is 0 Å². The van der Waals surface area contributed by atoms with Gasteiger partial charge in [-0.3, -0.25) is 9.59 Å². The van der Waals surface area contributed by atoms with E-state index in [1.54, 1.807) is 24.3 Å². The number of aromatic nitrogens is 2. The Balaban J connectivity index is 1.57. The van der Waals surface area contributed by atoms with Crippen LogP contribution in [-0.2, 0) is 13.0 Å². The lowest BCUT2D eigenvalue weighted by Crippen LogP contribution is -2.23. The van der Waals surface area contributed by atoms with E-state index in [4.69, 9.17) is 4.98 Å². The maximum Gasteiger partial charge on any atom is 0.276 e.